The van der Waals surface area contributed by atoms with Crippen molar-refractivity contribution in [3.8, 4) is 11.4 Å². The molecule has 0 atom stereocenters. The van der Waals surface area contributed by atoms with Crippen molar-refractivity contribution in [3.05, 3.63) is 64.7 Å². The summed E-state index contributed by atoms with van der Waals surface area (Å²) < 4.78 is 18.4. The highest BCUT2D eigenvalue weighted by Crippen LogP contribution is 2.25. The van der Waals surface area contributed by atoms with E-state index >= 15 is 0 Å². The average Bonchev–Trinajstić information content (AvgIpc) is 3.03. The predicted octanol–water partition coefficient (Wildman–Crippen LogP) is 4.84. The molecule has 0 spiro atoms. The summed E-state index contributed by atoms with van der Waals surface area (Å²) in [6.45, 7) is 3.57. The number of hydrogen-bond acceptors (Lipinski definition) is 4. The summed E-state index contributed by atoms with van der Waals surface area (Å²) in [5.41, 5.74) is 3.09. The molecular weight excluding hydrogens is 397 g/mol. The van der Waals surface area contributed by atoms with E-state index in [-0.39, 0.29) is 5.82 Å². The number of aromatic nitrogens is 3. The molecule has 0 aliphatic carbocycles. The smallest absolute Gasteiger partial charge is 0.199 e. The minimum Gasteiger partial charge on any atom is -0.371 e. The molecule has 1 aromatic heterocycles. The van der Waals surface area contributed by atoms with Gasteiger partial charge in [0, 0.05) is 32.4 Å². The Kier molecular flexibility index (Phi) is 6.29. The van der Waals surface area contributed by atoms with Crippen LogP contribution in [0.25, 0.3) is 11.4 Å². The van der Waals surface area contributed by atoms with Gasteiger partial charge >= 0.3 is 0 Å². The molecule has 7 heteroatoms. The summed E-state index contributed by atoms with van der Waals surface area (Å²) in [6, 6.07) is 15.3. The van der Waals surface area contributed by atoms with Crippen molar-refractivity contribution in [3.63, 3.8) is 0 Å². The summed E-state index contributed by atoms with van der Waals surface area (Å²) in [7, 11) is 3.89. The Labute approximate surface area is 182 Å². The van der Waals surface area contributed by atoms with Gasteiger partial charge in [0.25, 0.3) is 0 Å². The van der Waals surface area contributed by atoms with Crippen molar-refractivity contribution in [2.75, 3.05) is 25.0 Å². The fraction of sp³-hybridized carbons (Fsp3) is 0.391. The summed E-state index contributed by atoms with van der Waals surface area (Å²) >= 11 is 5.57. The molecule has 4 rings (SSSR count). The van der Waals surface area contributed by atoms with E-state index in [4.69, 9.17) is 12.2 Å². The second kappa shape index (κ2) is 9.10. The number of anilines is 1. The van der Waals surface area contributed by atoms with Crippen LogP contribution in [0.15, 0.2) is 48.5 Å². The lowest BCUT2D eigenvalue weighted by Gasteiger charge is -2.31. The molecule has 30 heavy (non-hydrogen) atoms. The van der Waals surface area contributed by atoms with Crippen LogP contribution in [0.4, 0.5) is 10.1 Å². The zero-order chi connectivity index (χ0) is 21.1. The highest BCUT2D eigenvalue weighted by molar-refractivity contribution is 7.71. The minimum absolute atomic E-state index is 0.295. The first-order valence-corrected chi connectivity index (χ1v) is 10.9. The van der Waals surface area contributed by atoms with Gasteiger partial charge in [-0.3, -0.25) is 4.90 Å². The van der Waals surface area contributed by atoms with Crippen molar-refractivity contribution in [2.45, 2.75) is 32.5 Å². The summed E-state index contributed by atoms with van der Waals surface area (Å²) in [6.07, 6.45) is 3.83. The Bertz CT molecular complexity index is 1070. The van der Waals surface area contributed by atoms with Crippen molar-refractivity contribution in [1.29, 1.82) is 0 Å². The van der Waals surface area contributed by atoms with Gasteiger partial charge in [0.2, 0.25) is 0 Å². The van der Waals surface area contributed by atoms with Gasteiger partial charge in [-0.25, -0.2) is 9.07 Å². The van der Waals surface area contributed by atoms with Gasteiger partial charge in [0.05, 0.1) is 12.2 Å². The molecule has 0 bridgehead atoms. The first-order valence-electron chi connectivity index (χ1n) is 10.4. The number of benzene rings is 2. The van der Waals surface area contributed by atoms with Gasteiger partial charge in [-0.2, -0.15) is 5.10 Å². The molecule has 3 aromatic rings. The third-order valence-electron chi connectivity index (χ3n) is 5.66. The molecule has 0 amide bonds. The molecular formula is C23H28FN5S. The van der Waals surface area contributed by atoms with E-state index in [2.05, 4.69) is 46.2 Å². The number of halogens is 1. The quantitative estimate of drug-likeness (QED) is 0.529. The van der Waals surface area contributed by atoms with Gasteiger partial charge in [0.1, 0.15) is 5.82 Å². The normalized spacial score (nSPS) is 14.5. The van der Waals surface area contributed by atoms with E-state index in [1.165, 1.54) is 36.6 Å². The molecule has 0 saturated carbocycles. The molecule has 5 nitrogen and oxygen atoms in total. The first-order chi connectivity index (χ1) is 14.5. The van der Waals surface area contributed by atoms with Crippen molar-refractivity contribution in [2.24, 2.45) is 7.05 Å². The molecule has 1 fully saturated rings. The second-order valence-corrected chi connectivity index (χ2v) is 8.34. The standard InChI is InChI=1S/C23H28FN5S/c1-26(16-18-10-4-7-13-21(18)28-14-8-3-9-15-28)17-29-23(30)27(2)22(25-29)19-11-5-6-12-20(19)24/h4-7,10-13H,3,8-9,14-17H2,1-2H3. The van der Waals surface area contributed by atoms with E-state index in [9.17, 15) is 4.39 Å². The van der Waals surface area contributed by atoms with Crippen LogP contribution in [0.2, 0.25) is 0 Å². The summed E-state index contributed by atoms with van der Waals surface area (Å²) in [5.74, 6) is 0.247. The molecule has 1 aliphatic heterocycles. The van der Waals surface area contributed by atoms with Crippen LogP contribution in [0, 0.1) is 10.6 Å². The van der Waals surface area contributed by atoms with Crippen molar-refractivity contribution < 1.29 is 4.39 Å². The molecule has 2 heterocycles. The van der Waals surface area contributed by atoms with Crippen LogP contribution < -0.4 is 4.90 Å². The number of piperidine rings is 1. The highest BCUT2D eigenvalue weighted by atomic mass is 32.1. The molecule has 0 radical (unpaired) electrons. The van der Waals surface area contributed by atoms with Crippen molar-refractivity contribution >= 4 is 17.9 Å². The van der Waals surface area contributed by atoms with Gasteiger partial charge in [-0.15, -0.1) is 0 Å². The molecule has 1 aliphatic rings. The van der Waals surface area contributed by atoms with E-state index in [0.29, 0.717) is 22.8 Å². The van der Waals surface area contributed by atoms with Crippen LogP contribution in [0.1, 0.15) is 24.8 Å². The lowest BCUT2D eigenvalue weighted by molar-refractivity contribution is 0.244. The van der Waals surface area contributed by atoms with Gasteiger partial charge in [-0.1, -0.05) is 30.3 Å². The Morgan fingerprint density at radius 1 is 1.03 bits per heavy atom. The van der Waals surface area contributed by atoms with Crippen molar-refractivity contribution in [1.82, 2.24) is 19.2 Å². The molecule has 0 unspecified atom stereocenters. The van der Waals surface area contributed by atoms with Crippen LogP contribution in [0.5, 0.6) is 0 Å². The lowest BCUT2D eigenvalue weighted by atomic mass is 10.1. The Morgan fingerprint density at radius 3 is 2.50 bits per heavy atom. The number of nitrogens with zero attached hydrogens (tertiary/aromatic N) is 5. The number of para-hydroxylation sites is 1. The maximum atomic E-state index is 14.3. The minimum atomic E-state index is -0.295. The molecule has 2 aromatic carbocycles. The maximum Gasteiger partial charge on any atom is 0.199 e. The van der Waals surface area contributed by atoms with Gasteiger partial charge in [0.15, 0.2) is 10.6 Å². The Hall–Kier alpha value is -2.51. The third kappa shape index (κ3) is 4.32. The van der Waals surface area contributed by atoms with E-state index < -0.39 is 0 Å². The largest absolute Gasteiger partial charge is 0.371 e. The lowest BCUT2D eigenvalue weighted by Crippen LogP contribution is -2.31. The first kappa shape index (κ1) is 20.8. The predicted molar refractivity (Wildman–Crippen MR) is 121 cm³/mol. The molecule has 158 valence electrons. The molecule has 0 N–H and O–H groups in total. The maximum absolute atomic E-state index is 14.3. The zero-order valence-electron chi connectivity index (χ0n) is 17.6. The fourth-order valence-electron chi connectivity index (χ4n) is 4.11. The van der Waals surface area contributed by atoms with E-state index in [1.807, 2.05) is 13.1 Å². The monoisotopic (exact) mass is 425 g/mol. The van der Waals surface area contributed by atoms with Crippen LogP contribution in [-0.2, 0) is 20.3 Å². The highest BCUT2D eigenvalue weighted by Gasteiger charge is 2.17. The van der Waals surface area contributed by atoms with E-state index in [1.54, 1.807) is 21.4 Å². The number of hydrogen-bond donors (Lipinski definition) is 0. The Morgan fingerprint density at radius 2 is 1.73 bits per heavy atom. The van der Waals surface area contributed by atoms with Gasteiger partial charge < -0.3 is 9.47 Å². The summed E-state index contributed by atoms with van der Waals surface area (Å²) in [5, 5.41) is 4.62. The Balaban J connectivity index is 1.53. The topological polar surface area (TPSA) is 29.2 Å². The second-order valence-electron chi connectivity index (χ2n) is 7.98. The average molecular weight is 426 g/mol. The van der Waals surface area contributed by atoms with Gasteiger partial charge in [-0.05, 0) is 62.3 Å². The third-order valence-corrected chi connectivity index (χ3v) is 6.14. The van der Waals surface area contributed by atoms with E-state index in [0.717, 1.165) is 19.6 Å². The van der Waals surface area contributed by atoms with Crippen LogP contribution >= 0.6 is 12.2 Å². The van der Waals surface area contributed by atoms with Crippen LogP contribution in [-0.4, -0.2) is 39.4 Å². The molecule has 1 saturated heterocycles. The number of rotatable bonds is 6. The van der Waals surface area contributed by atoms with Crippen LogP contribution in [0.3, 0.4) is 0 Å². The summed E-state index contributed by atoms with van der Waals surface area (Å²) in [4.78, 5) is 4.69. The SMILES string of the molecule is CN(Cc1ccccc1N1CCCCC1)Cn1nc(-c2ccccc2F)n(C)c1=S. The zero-order valence-corrected chi connectivity index (χ0v) is 18.4. The fourth-order valence-corrected chi connectivity index (χ4v) is 4.30.